The highest BCUT2D eigenvalue weighted by Gasteiger charge is 2.67. The van der Waals surface area contributed by atoms with Crippen molar-refractivity contribution in [2.45, 2.75) is 6.42 Å². The van der Waals surface area contributed by atoms with Gasteiger partial charge in [0.2, 0.25) is 0 Å². The Morgan fingerprint density at radius 1 is 1.00 bits per heavy atom. The highest BCUT2D eigenvalue weighted by Crippen LogP contribution is 2.65. The summed E-state index contributed by atoms with van der Waals surface area (Å²) < 4.78 is 10.5. The van der Waals surface area contributed by atoms with Crippen LogP contribution in [0.4, 0.5) is 0 Å². The van der Waals surface area contributed by atoms with Crippen LogP contribution >= 0.6 is 0 Å². The summed E-state index contributed by atoms with van der Waals surface area (Å²) in [5, 5.41) is 5.32. The van der Waals surface area contributed by atoms with Gasteiger partial charge in [0.15, 0.2) is 11.5 Å². The Bertz CT molecular complexity index is 825. The zero-order valence-electron chi connectivity index (χ0n) is 14.7. The Labute approximate surface area is 151 Å². The second-order valence-corrected chi connectivity index (χ2v) is 7.50. The van der Waals surface area contributed by atoms with Gasteiger partial charge in [-0.25, -0.2) is 0 Å². The molecule has 6 heteroatoms. The van der Waals surface area contributed by atoms with Crippen molar-refractivity contribution >= 4 is 18.0 Å². The van der Waals surface area contributed by atoms with E-state index in [1.54, 1.807) is 26.4 Å². The SMILES string of the molecule is COc1ccc(/C=N\N2C(=O)[C@@H]3[C@H]4C=C[C@@H]([C@@H]5C[C@H]45)[C@H]3C2=O)cc1OC. The van der Waals surface area contributed by atoms with Crippen molar-refractivity contribution in [2.75, 3.05) is 14.2 Å². The molecule has 0 radical (unpaired) electrons. The first-order valence-electron chi connectivity index (χ1n) is 8.96. The Morgan fingerprint density at radius 2 is 1.62 bits per heavy atom. The lowest BCUT2D eigenvalue weighted by Gasteiger charge is -2.37. The number of rotatable bonds is 4. The van der Waals surface area contributed by atoms with Crippen molar-refractivity contribution in [2.24, 2.45) is 40.6 Å². The second-order valence-electron chi connectivity index (χ2n) is 7.50. The Kier molecular flexibility index (Phi) is 3.26. The van der Waals surface area contributed by atoms with E-state index in [4.69, 9.17) is 9.47 Å². The standard InChI is InChI=1S/C20H20N2O4/c1-25-15-6-3-10(7-16(15)26-2)9-21-22-19(23)17-11-4-5-12(14-8-13(11)14)18(17)20(22)24/h3-7,9,11-14,17-18H,8H2,1-2H3/b21-9-/t11-,12-,13-,14+,17+,18+/m0/s1. The smallest absolute Gasteiger partial charge is 0.254 e. The third kappa shape index (κ3) is 2.01. The fourth-order valence-corrected chi connectivity index (χ4v) is 5.11. The first-order chi connectivity index (χ1) is 12.6. The van der Waals surface area contributed by atoms with Gasteiger partial charge in [0.1, 0.15) is 0 Å². The molecule has 2 amide bonds. The average Bonchev–Trinajstić information content (AvgIpc) is 3.45. The van der Waals surface area contributed by atoms with Crippen LogP contribution in [0.15, 0.2) is 35.5 Å². The number of imide groups is 1. The first kappa shape index (κ1) is 15.6. The van der Waals surface area contributed by atoms with Crippen LogP contribution in [0.25, 0.3) is 0 Å². The first-order valence-corrected chi connectivity index (χ1v) is 8.96. The van der Waals surface area contributed by atoms with Crippen molar-refractivity contribution in [3.8, 4) is 11.5 Å². The van der Waals surface area contributed by atoms with Crippen molar-refractivity contribution in [1.29, 1.82) is 0 Å². The minimum absolute atomic E-state index is 0.151. The zero-order chi connectivity index (χ0) is 18.0. The number of hydrogen-bond donors (Lipinski definition) is 0. The fraction of sp³-hybridized carbons (Fsp3) is 0.450. The van der Waals surface area contributed by atoms with Gasteiger partial charge in [-0.1, -0.05) is 12.2 Å². The van der Waals surface area contributed by atoms with Crippen LogP contribution in [0.1, 0.15) is 12.0 Å². The van der Waals surface area contributed by atoms with E-state index in [2.05, 4.69) is 17.3 Å². The summed E-state index contributed by atoms with van der Waals surface area (Å²) in [5.41, 5.74) is 0.738. The molecule has 134 valence electrons. The van der Waals surface area contributed by atoms with Crippen LogP contribution in [0.3, 0.4) is 0 Å². The number of hydrazone groups is 1. The largest absolute Gasteiger partial charge is 0.493 e. The summed E-state index contributed by atoms with van der Waals surface area (Å²) in [4.78, 5) is 25.7. The van der Waals surface area contributed by atoms with Gasteiger partial charge in [0, 0.05) is 0 Å². The van der Waals surface area contributed by atoms with Gasteiger partial charge in [-0.3, -0.25) is 9.59 Å². The van der Waals surface area contributed by atoms with Crippen molar-refractivity contribution in [3.63, 3.8) is 0 Å². The minimum Gasteiger partial charge on any atom is -0.493 e. The molecule has 6 rings (SSSR count). The van der Waals surface area contributed by atoms with Crippen LogP contribution in [0, 0.1) is 35.5 Å². The normalized spacial score (nSPS) is 36.5. The van der Waals surface area contributed by atoms with Crippen LogP contribution < -0.4 is 9.47 Å². The lowest BCUT2D eigenvalue weighted by Crippen LogP contribution is -2.40. The van der Waals surface area contributed by atoms with Gasteiger partial charge >= 0.3 is 0 Å². The molecule has 5 aliphatic rings. The summed E-state index contributed by atoms with van der Waals surface area (Å²) in [5.74, 6) is 2.07. The van der Waals surface area contributed by atoms with Crippen molar-refractivity contribution < 1.29 is 19.1 Å². The number of methoxy groups -OCH3 is 2. The van der Waals surface area contributed by atoms with E-state index < -0.39 is 0 Å². The summed E-state index contributed by atoms with van der Waals surface area (Å²) >= 11 is 0. The average molecular weight is 352 g/mol. The number of carbonyl (C=O) groups excluding carboxylic acids is 2. The van der Waals surface area contributed by atoms with E-state index >= 15 is 0 Å². The van der Waals surface area contributed by atoms with E-state index in [0.29, 0.717) is 23.3 Å². The molecule has 3 fully saturated rings. The highest BCUT2D eigenvalue weighted by atomic mass is 16.5. The molecule has 2 bridgehead atoms. The van der Waals surface area contributed by atoms with Gasteiger partial charge in [-0.2, -0.15) is 10.1 Å². The lowest BCUT2D eigenvalue weighted by atomic mass is 9.63. The molecule has 26 heavy (non-hydrogen) atoms. The maximum Gasteiger partial charge on any atom is 0.254 e. The van der Waals surface area contributed by atoms with E-state index in [9.17, 15) is 9.59 Å². The molecule has 1 aromatic carbocycles. The molecular weight excluding hydrogens is 332 g/mol. The summed E-state index contributed by atoms with van der Waals surface area (Å²) in [7, 11) is 3.13. The lowest BCUT2D eigenvalue weighted by molar-refractivity contribution is -0.140. The molecule has 4 aliphatic carbocycles. The molecule has 1 aromatic rings. The summed E-state index contributed by atoms with van der Waals surface area (Å²) in [6.45, 7) is 0. The van der Waals surface area contributed by atoms with Gasteiger partial charge in [-0.15, -0.1) is 0 Å². The van der Waals surface area contributed by atoms with Gasteiger partial charge in [-0.05, 0) is 53.9 Å². The maximum absolute atomic E-state index is 12.9. The molecule has 0 aromatic heterocycles. The molecule has 1 heterocycles. The molecular formula is C20H20N2O4. The number of carbonyl (C=O) groups is 2. The molecule has 6 atom stereocenters. The number of ether oxygens (including phenoxy) is 2. The van der Waals surface area contributed by atoms with E-state index in [1.807, 2.05) is 6.07 Å². The monoisotopic (exact) mass is 352 g/mol. The van der Waals surface area contributed by atoms with Gasteiger partial charge in [0.25, 0.3) is 11.8 Å². The molecule has 1 aliphatic heterocycles. The maximum atomic E-state index is 12.9. The molecule has 0 spiro atoms. The zero-order valence-corrected chi connectivity index (χ0v) is 14.7. The van der Waals surface area contributed by atoms with Gasteiger partial charge < -0.3 is 9.47 Å². The number of benzene rings is 1. The van der Waals surface area contributed by atoms with Crippen LogP contribution in [-0.2, 0) is 9.59 Å². The van der Waals surface area contributed by atoms with Crippen LogP contribution in [0.2, 0.25) is 0 Å². The number of allylic oxidation sites excluding steroid dienone is 2. The van der Waals surface area contributed by atoms with E-state index in [-0.39, 0.29) is 35.5 Å². The second kappa shape index (κ2) is 5.43. The molecule has 2 saturated carbocycles. The van der Waals surface area contributed by atoms with Crippen LogP contribution in [-0.4, -0.2) is 37.3 Å². The van der Waals surface area contributed by atoms with Crippen molar-refractivity contribution in [3.05, 3.63) is 35.9 Å². The third-order valence-corrected chi connectivity index (χ3v) is 6.37. The predicted octanol–water partition coefficient (Wildman–Crippen LogP) is 2.09. The number of hydrogen-bond acceptors (Lipinski definition) is 5. The molecule has 0 N–H and O–H groups in total. The molecule has 6 nitrogen and oxygen atoms in total. The molecule has 0 unspecified atom stereocenters. The summed E-state index contributed by atoms with van der Waals surface area (Å²) in [6, 6.07) is 5.34. The number of nitrogens with zero attached hydrogens (tertiary/aromatic N) is 2. The quantitative estimate of drug-likeness (QED) is 0.473. The van der Waals surface area contributed by atoms with Gasteiger partial charge in [0.05, 0.1) is 32.3 Å². The summed E-state index contributed by atoms with van der Waals surface area (Å²) in [6.07, 6.45) is 7.01. The highest BCUT2D eigenvalue weighted by molar-refractivity contribution is 6.06. The van der Waals surface area contributed by atoms with Crippen LogP contribution in [0.5, 0.6) is 11.5 Å². The fourth-order valence-electron chi connectivity index (χ4n) is 5.11. The van der Waals surface area contributed by atoms with E-state index in [0.717, 1.165) is 17.0 Å². The third-order valence-electron chi connectivity index (χ3n) is 6.37. The van der Waals surface area contributed by atoms with E-state index in [1.165, 1.54) is 6.21 Å². The number of amides is 2. The minimum atomic E-state index is -0.219. The Balaban J connectivity index is 1.41. The Morgan fingerprint density at radius 3 is 2.19 bits per heavy atom. The predicted molar refractivity (Wildman–Crippen MR) is 93.7 cm³/mol. The topological polar surface area (TPSA) is 68.2 Å². The molecule has 1 saturated heterocycles. The van der Waals surface area contributed by atoms with Crippen molar-refractivity contribution in [1.82, 2.24) is 5.01 Å². The Hall–Kier alpha value is -2.63.